The van der Waals surface area contributed by atoms with Crippen LogP contribution in [-0.2, 0) is 11.3 Å². The molecule has 0 saturated heterocycles. The molecule has 0 aromatic heterocycles. The molecule has 25 heavy (non-hydrogen) atoms. The molecule has 0 atom stereocenters. The summed E-state index contributed by atoms with van der Waals surface area (Å²) >= 11 is 0. The molecule has 0 unspecified atom stereocenters. The van der Waals surface area contributed by atoms with Gasteiger partial charge in [0.05, 0.1) is 13.2 Å². The van der Waals surface area contributed by atoms with Gasteiger partial charge in [-0.05, 0) is 31.9 Å². The molecular weight excluding hydrogens is 429 g/mol. The van der Waals surface area contributed by atoms with Crippen LogP contribution in [0.4, 0.5) is 0 Å². The Morgan fingerprint density at radius 1 is 1.12 bits per heavy atom. The highest BCUT2D eigenvalue weighted by Crippen LogP contribution is 2.21. The summed E-state index contributed by atoms with van der Waals surface area (Å²) in [7, 11) is 1.71. The van der Waals surface area contributed by atoms with E-state index in [0.717, 1.165) is 43.2 Å². The van der Waals surface area contributed by atoms with Gasteiger partial charge >= 0.3 is 0 Å². The Bertz CT molecular complexity index is 496. The molecule has 2 N–H and O–H groups in total. The Labute approximate surface area is 170 Å². The van der Waals surface area contributed by atoms with Crippen molar-refractivity contribution >= 4 is 29.9 Å². The number of rotatable bonds is 11. The van der Waals surface area contributed by atoms with E-state index in [0.29, 0.717) is 19.8 Å². The lowest BCUT2D eigenvalue weighted by atomic mass is 10.1. The largest absolute Gasteiger partial charge is 0.493 e. The van der Waals surface area contributed by atoms with E-state index in [4.69, 9.17) is 9.47 Å². The molecule has 5 nitrogen and oxygen atoms in total. The van der Waals surface area contributed by atoms with Crippen molar-refractivity contribution in [3.05, 3.63) is 29.3 Å². The smallest absolute Gasteiger partial charge is 0.191 e. The van der Waals surface area contributed by atoms with Crippen LogP contribution >= 0.6 is 24.0 Å². The maximum atomic E-state index is 5.92. The van der Waals surface area contributed by atoms with Gasteiger partial charge in [-0.3, -0.25) is 0 Å². The summed E-state index contributed by atoms with van der Waals surface area (Å²) in [4.78, 5) is 4.68. The number of benzene rings is 1. The van der Waals surface area contributed by atoms with Crippen LogP contribution in [0.15, 0.2) is 23.2 Å². The van der Waals surface area contributed by atoms with Crippen LogP contribution in [0.1, 0.15) is 44.2 Å². The van der Waals surface area contributed by atoms with Crippen molar-refractivity contribution in [2.45, 2.75) is 46.6 Å². The number of unbranched alkanes of at least 4 members (excludes halogenated alkanes) is 1. The highest BCUT2D eigenvalue weighted by molar-refractivity contribution is 14.0. The van der Waals surface area contributed by atoms with Crippen molar-refractivity contribution in [3.63, 3.8) is 0 Å². The number of methoxy groups -OCH3 is 1. The van der Waals surface area contributed by atoms with Crippen LogP contribution in [-0.4, -0.2) is 39.4 Å². The van der Waals surface area contributed by atoms with E-state index < -0.39 is 0 Å². The van der Waals surface area contributed by atoms with Gasteiger partial charge < -0.3 is 20.1 Å². The van der Waals surface area contributed by atoms with E-state index in [1.165, 1.54) is 12.0 Å². The SMILES string of the molecule is CCCCNC(=NCc1ccc(C)cc1OCCCOC)NCC.I. The quantitative estimate of drug-likeness (QED) is 0.226. The van der Waals surface area contributed by atoms with Gasteiger partial charge in [-0.1, -0.05) is 25.5 Å². The second-order valence-corrected chi connectivity index (χ2v) is 5.78. The molecule has 0 spiro atoms. The third-order valence-corrected chi connectivity index (χ3v) is 3.55. The zero-order valence-corrected chi connectivity index (χ0v) is 18.4. The number of hydrogen-bond donors (Lipinski definition) is 2. The molecular formula is C19H34IN3O2. The molecule has 0 aliphatic heterocycles. The number of nitrogens with zero attached hydrogens (tertiary/aromatic N) is 1. The Kier molecular flexibility index (Phi) is 14.6. The summed E-state index contributed by atoms with van der Waals surface area (Å²) in [5, 5.41) is 6.65. The van der Waals surface area contributed by atoms with Crippen molar-refractivity contribution in [2.24, 2.45) is 4.99 Å². The topological polar surface area (TPSA) is 54.9 Å². The van der Waals surface area contributed by atoms with Gasteiger partial charge in [0.1, 0.15) is 5.75 Å². The highest BCUT2D eigenvalue weighted by Gasteiger charge is 2.05. The molecule has 1 rings (SSSR count). The van der Waals surface area contributed by atoms with Gasteiger partial charge in [-0.15, -0.1) is 24.0 Å². The minimum Gasteiger partial charge on any atom is -0.493 e. The average molecular weight is 463 g/mol. The van der Waals surface area contributed by atoms with Crippen LogP contribution in [0.2, 0.25) is 0 Å². The summed E-state index contributed by atoms with van der Waals surface area (Å²) in [6.07, 6.45) is 3.20. The minimum atomic E-state index is 0. The van der Waals surface area contributed by atoms with Crippen LogP contribution < -0.4 is 15.4 Å². The summed E-state index contributed by atoms with van der Waals surface area (Å²) in [5.41, 5.74) is 2.29. The zero-order chi connectivity index (χ0) is 17.6. The lowest BCUT2D eigenvalue weighted by Crippen LogP contribution is -2.37. The number of guanidine groups is 1. The van der Waals surface area contributed by atoms with Crippen molar-refractivity contribution in [1.29, 1.82) is 0 Å². The zero-order valence-electron chi connectivity index (χ0n) is 16.1. The molecule has 0 aliphatic carbocycles. The van der Waals surface area contributed by atoms with Crippen LogP contribution in [0.5, 0.6) is 5.75 Å². The third-order valence-electron chi connectivity index (χ3n) is 3.55. The molecule has 1 aromatic rings. The fraction of sp³-hybridized carbons (Fsp3) is 0.632. The summed E-state index contributed by atoms with van der Waals surface area (Å²) in [5.74, 6) is 1.77. The molecule has 0 bridgehead atoms. The number of hydrogen-bond acceptors (Lipinski definition) is 3. The predicted molar refractivity (Wildman–Crippen MR) is 116 cm³/mol. The Morgan fingerprint density at radius 2 is 1.92 bits per heavy atom. The van der Waals surface area contributed by atoms with Crippen LogP contribution in [0.25, 0.3) is 0 Å². The normalized spacial score (nSPS) is 11.0. The molecule has 0 saturated carbocycles. The van der Waals surface area contributed by atoms with Gasteiger partial charge in [0.25, 0.3) is 0 Å². The first-order valence-electron chi connectivity index (χ1n) is 8.94. The first kappa shape index (κ1) is 24.0. The molecule has 0 radical (unpaired) electrons. The van der Waals surface area contributed by atoms with Gasteiger partial charge in [-0.2, -0.15) is 0 Å². The molecule has 0 aliphatic rings. The second-order valence-electron chi connectivity index (χ2n) is 5.78. The van der Waals surface area contributed by atoms with E-state index in [1.54, 1.807) is 7.11 Å². The molecule has 6 heteroatoms. The average Bonchev–Trinajstić information content (AvgIpc) is 2.58. The minimum absolute atomic E-state index is 0. The Morgan fingerprint density at radius 3 is 2.60 bits per heavy atom. The predicted octanol–water partition coefficient (Wildman–Crippen LogP) is 3.88. The van der Waals surface area contributed by atoms with Crippen molar-refractivity contribution in [2.75, 3.05) is 33.4 Å². The molecule has 144 valence electrons. The fourth-order valence-electron chi connectivity index (χ4n) is 2.20. The van der Waals surface area contributed by atoms with Gasteiger partial charge in [-0.25, -0.2) is 4.99 Å². The van der Waals surface area contributed by atoms with E-state index in [-0.39, 0.29) is 24.0 Å². The standard InChI is InChI=1S/C19H33N3O2.HI/c1-5-7-11-21-19(20-6-2)22-15-17-10-9-16(3)14-18(17)24-13-8-12-23-4;/h9-10,14H,5-8,11-13,15H2,1-4H3,(H2,20,21,22);1H. The molecule has 0 fully saturated rings. The second kappa shape index (κ2) is 15.3. The van der Waals surface area contributed by atoms with Crippen molar-refractivity contribution in [1.82, 2.24) is 10.6 Å². The van der Waals surface area contributed by atoms with E-state index in [1.807, 2.05) is 0 Å². The van der Waals surface area contributed by atoms with Gasteiger partial charge in [0.15, 0.2) is 5.96 Å². The van der Waals surface area contributed by atoms with Crippen molar-refractivity contribution < 1.29 is 9.47 Å². The highest BCUT2D eigenvalue weighted by atomic mass is 127. The monoisotopic (exact) mass is 463 g/mol. The van der Waals surface area contributed by atoms with E-state index in [2.05, 4.69) is 54.6 Å². The maximum Gasteiger partial charge on any atom is 0.191 e. The molecule has 0 heterocycles. The first-order valence-corrected chi connectivity index (χ1v) is 8.94. The molecule has 0 amide bonds. The number of halogens is 1. The van der Waals surface area contributed by atoms with Crippen molar-refractivity contribution in [3.8, 4) is 5.75 Å². The van der Waals surface area contributed by atoms with Crippen LogP contribution in [0.3, 0.4) is 0 Å². The van der Waals surface area contributed by atoms with E-state index >= 15 is 0 Å². The van der Waals surface area contributed by atoms with Crippen LogP contribution in [0, 0.1) is 6.92 Å². The summed E-state index contributed by atoms with van der Waals surface area (Å²) in [6.45, 7) is 10.1. The number of aliphatic imine (C=N–C) groups is 1. The van der Waals surface area contributed by atoms with Gasteiger partial charge in [0, 0.05) is 38.8 Å². The number of aryl methyl sites for hydroxylation is 1. The van der Waals surface area contributed by atoms with E-state index in [9.17, 15) is 0 Å². The third kappa shape index (κ3) is 10.5. The molecule has 1 aromatic carbocycles. The summed E-state index contributed by atoms with van der Waals surface area (Å²) in [6, 6.07) is 6.28. The lowest BCUT2D eigenvalue weighted by Gasteiger charge is -2.13. The Hall–Kier alpha value is -1.02. The maximum absolute atomic E-state index is 5.92. The van der Waals surface area contributed by atoms with Gasteiger partial charge in [0.2, 0.25) is 0 Å². The fourth-order valence-corrected chi connectivity index (χ4v) is 2.20. The Balaban J connectivity index is 0.00000576. The number of ether oxygens (including phenoxy) is 2. The lowest BCUT2D eigenvalue weighted by molar-refractivity contribution is 0.172. The first-order chi connectivity index (χ1) is 11.7. The number of nitrogens with one attached hydrogen (secondary N) is 2. The summed E-state index contributed by atoms with van der Waals surface area (Å²) < 4.78 is 11.0.